The number of carbonyl (C=O) groups is 4. The molecule has 0 aromatic carbocycles. The molecule has 1 N–H and O–H groups in total. The summed E-state index contributed by atoms with van der Waals surface area (Å²) in [5.74, 6) is -1.47. The lowest BCUT2D eigenvalue weighted by atomic mass is 10.2. The first-order valence-electron chi connectivity index (χ1n) is 11.9. The number of carbonyl (C=O) groups excluding carboxylic acids is 4. The zero-order chi connectivity index (χ0) is 25.4. The smallest absolute Gasteiger partial charge is 0.330 e. The van der Waals surface area contributed by atoms with Gasteiger partial charge in [-0.05, 0) is 51.4 Å². The normalized spacial score (nSPS) is 11.4. The summed E-state index contributed by atoms with van der Waals surface area (Å²) in [6.07, 6.45) is 5.92. The molecular formula is C24H40O10. The zero-order valence-electron chi connectivity index (χ0n) is 20.3. The third-order valence-electron chi connectivity index (χ3n) is 4.49. The van der Waals surface area contributed by atoms with Gasteiger partial charge in [0.1, 0.15) is 6.61 Å². The predicted octanol–water partition coefficient (Wildman–Crippen LogP) is 2.99. The second-order valence-electron chi connectivity index (χ2n) is 7.51. The van der Waals surface area contributed by atoms with Gasteiger partial charge < -0.3 is 28.8 Å². The Morgan fingerprint density at radius 3 is 1.88 bits per heavy atom. The largest absolute Gasteiger partial charge is 0.466 e. The molecule has 0 heterocycles. The Morgan fingerprint density at radius 1 is 0.735 bits per heavy atom. The van der Waals surface area contributed by atoms with E-state index in [-0.39, 0.29) is 25.0 Å². The van der Waals surface area contributed by atoms with E-state index in [0.29, 0.717) is 84.2 Å². The van der Waals surface area contributed by atoms with Crippen molar-refractivity contribution in [2.45, 2.75) is 83.8 Å². The number of aliphatic hydroxyl groups excluding tert-OH is 1. The SMILES string of the molecule is C=CC(=O)OCCCCCC(=O)OCCCCCC(=O)OC(O)COCCCCOC(=O)CC. The van der Waals surface area contributed by atoms with Crippen LogP contribution in [0.3, 0.4) is 0 Å². The molecule has 0 aliphatic heterocycles. The fraction of sp³-hybridized carbons (Fsp3) is 0.750. The van der Waals surface area contributed by atoms with E-state index < -0.39 is 18.2 Å². The van der Waals surface area contributed by atoms with Crippen LogP contribution < -0.4 is 0 Å². The Balaban J connectivity index is 3.48. The van der Waals surface area contributed by atoms with Crippen molar-refractivity contribution in [2.24, 2.45) is 0 Å². The molecule has 0 amide bonds. The van der Waals surface area contributed by atoms with Gasteiger partial charge in [-0.2, -0.15) is 0 Å². The molecule has 0 radical (unpaired) electrons. The average Bonchev–Trinajstić information content (AvgIpc) is 2.82. The minimum atomic E-state index is -1.32. The van der Waals surface area contributed by atoms with Crippen molar-refractivity contribution >= 4 is 23.9 Å². The van der Waals surface area contributed by atoms with E-state index in [9.17, 15) is 24.3 Å². The molecule has 0 aliphatic carbocycles. The van der Waals surface area contributed by atoms with Crippen molar-refractivity contribution in [2.75, 3.05) is 33.0 Å². The van der Waals surface area contributed by atoms with Crippen molar-refractivity contribution in [3.8, 4) is 0 Å². The minimum absolute atomic E-state index is 0.115. The fourth-order valence-electron chi connectivity index (χ4n) is 2.61. The third kappa shape index (κ3) is 21.4. The molecule has 196 valence electrons. The van der Waals surface area contributed by atoms with Gasteiger partial charge in [-0.1, -0.05) is 13.5 Å². The van der Waals surface area contributed by atoms with Crippen LogP contribution in [0.25, 0.3) is 0 Å². The van der Waals surface area contributed by atoms with Gasteiger partial charge in [0.25, 0.3) is 0 Å². The molecule has 0 aromatic rings. The minimum Gasteiger partial charge on any atom is -0.466 e. The van der Waals surface area contributed by atoms with Crippen LogP contribution in [0.4, 0.5) is 0 Å². The van der Waals surface area contributed by atoms with E-state index in [1.165, 1.54) is 0 Å². The molecule has 34 heavy (non-hydrogen) atoms. The van der Waals surface area contributed by atoms with Gasteiger partial charge in [-0.3, -0.25) is 14.4 Å². The first kappa shape index (κ1) is 31.5. The first-order chi connectivity index (χ1) is 16.4. The van der Waals surface area contributed by atoms with Crippen LogP contribution >= 0.6 is 0 Å². The predicted molar refractivity (Wildman–Crippen MR) is 122 cm³/mol. The highest BCUT2D eigenvalue weighted by Gasteiger charge is 2.11. The van der Waals surface area contributed by atoms with Crippen molar-refractivity contribution < 1.29 is 48.0 Å². The second kappa shape index (κ2) is 22.3. The number of hydrogen-bond acceptors (Lipinski definition) is 10. The van der Waals surface area contributed by atoms with Crippen LogP contribution in [-0.2, 0) is 42.9 Å². The van der Waals surface area contributed by atoms with Crippen molar-refractivity contribution in [3.05, 3.63) is 12.7 Å². The molecular weight excluding hydrogens is 448 g/mol. The molecule has 10 heteroatoms. The Morgan fingerprint density at radius 2 is 1.26 bits per heavy atom. The standard InChI is InChI=1S/C24H40O10/c1-3-20(25)31-16-9-5-7-13-22(27)33-17-10-6-8-14-23(28)34-24(29)19-30-15-11-12-18-32-21(26)4-2/h3,24,29H,1,4-19H2,2H3. The van der Waals surface area contributed by atoms with Gasteiger partial charge in [-0.25, -0.2) is 4.79 Å². The summed E-state index contributed by atoms with van der Waals surface area (Å²) in [6, 6.07) is 0. The number of rotatable bonds is 22. The van der Waals surface area contributed by atoms with Crippen LogP contribution in [0.15, 0.2) is 12.7 Å². The lowest BCUT2D eigenvalue weighted by Gasteiger charge is -2.12. The van der Waals surface area contributed by atoms with E-state index in [1.54, 1.807) is 6.92 Å². The maximum absolute atomic E-state index is 11.7. The summed E-state index contributed by atoms with van der Waals surface area (Å²) in [5.41, 5.74) is 0. The monoisotopic (exact) mass is 488 g/mol. The van der Waals surface area contributed by atoms with Gasteiger partial charge >= 0.3 is 23.9 Å². The van der Waals surface area contributed by atoms with Gasteiger partial charge in [0.05, 0.1) is 19.8 Å². The molecule has 0 rings (SSSR count). The first-order valence-corrected chi connectivity index (χ1v) is 11.9. The number of aliphatic hydroxyl groups is 1. The molecule has 1 unspecified atom stereocenters. The van der Waals surface area contributed by atoms with Crippen molar-refractivity contribution in [1.82, 2.24) is 0 Å². The van der Waals surface area contributed by atoms with Crippen LogP contribution in [0.1, 0.15) is 77.6 Å². The highest BCUT2D eigenvalue weighted by atomic mass is 16.7. The quantitative estimate of drug-likeness (QED) is 0.0796. The summed E-state index contributed by atoms with van der Waals surface area (Å²) >= 11 is 0. The highest BCUT2D eigenvalue weighted by molar-refractivity contribution is 5.81. The summed E-state index contributed by atoms with van der Waals surface area (Å²) < 4.78 is 25.0. The van der Waals surface area contributed by atoms with E-state index in [4.69, 9.17) is 23.7 Å². The number of hydrogen-bond donors (Lipinski definition) is 1. The van der Waals surface area contributed by atoms with Crippen LogP contribution in [0.5, 0.6) is 0 Å². The maximum Gasteiger partial charge on any atom is 0.330 e. The molecule has 0 fully saturated rings. The Kier molecular flexibility index (Phi) is 20.7. The number of esters is 4. The van der Waals surface area contributed by atoms with Crippen LogP contribution in [0.2, 0.25) is 0 Å². The van der Waals surface area contributed by atoms with Crippen LogP contribution in [0, 0.1) is 0 Å². The van der Waals surface area contributed by atoms with Gasteiger partial charge in [0, 0.05) is 31.9 Å². The zero-order valence-corrected chi connectivity index (χ0v) is 20.3. The Hall–Kier alpha value is -2.46. The van der Waals surface area contributed by atoms with E-state index in [2.05, 4.69) is 6.58 Å². The molecule has 0 spiro atoms. The third-order valence-corrected chi connectivity index (χ3v) is 4.49. The van der Waals surface area contributed by atoms with E-state index in [1.807, 2.05) is 0 Å². The number of unbranched alkanes of at least 4 members (excludes halogenated alkanes) is 5. The van der Waals surface area contributed by atoms with E-state index >= 15 is 0 Å². The number of ether oxygens (including phenoxy) is 5. The topological polar surface area (TPSA) is 135 Å². The molecule has 1 atom stereocenters. The Labute approximate surface area is 201 Å². The van der Waals surface area contributed by atoms with Crippen molar-refractivity contribution in [1.29, 1.82) is 0 Å². The van der Waals surface area contributed by atoms with Crippen LogP contribution in [-0.4, -0.2) is 68.3 Å². The summed E-state index contributed by atoms with van der Waals surface area (Å²) in [6.45, 7) is 6.22. The lowest BCUT2D eigenvalue weighted by Crippen LogP contribution is -2.23. The van der Waals surface area contributed by atoms with Gasteiger partial charge in [-0.15, -0.1) is 0 Å². The molecule has 0 bridgehead atoms. The molecule has 10 nitrogen and oxygen atoms in total. The molecule has 0 saturated carbocycles. The summed E-state index contributed by atoms with van der Waals surface area (Å²) in [4.78, 5) is 45.2. The second-order valence-corrected chi connectivity index (χ2v) is 7.51. The molecule has 0 aromatic heterocycles. The van der Waals surface area contributed by atoms with Gasteiger partial charge in [0.2, 0.25) is 6.29 Å². The maximum atomic E-state index is 11.7. The fourth-order valence-corrected chi connectivity index (χ4v) is 2.61. The van der Waals surface area contributed by atoms with E-state index in [0.717, 1.165) is 12.5 Å². The highest BCUT2D eigenvalue weighted by Crippen LogP contribution is 2.06. The average molecular weight is 489 g/mol. The summed E-state index contributed by atoms with van der Waals surface area (Å²) in [5, 5.41) is 9.66. The lowest BCUT2D eigenvalue weighted by molar-refractivity contribution is -0.177. The Bertz CT molecular complexity index is 590. The molecule has 0 saturated heterocycles. The van der Waals surface area contributed by atoms with Gasteiger partial charge in [0.15, 0.2) is 0 Å². The van der Waals surface area contributed by atoms with Crippen molar-refractivity contribution in [3.63, 3.8) is 0 Å². The molecule has 0 aliphatic rings. The summed E-state index contributed by atoms with van der Waals surface area (Å²) in [7, 11) is 0.